The highest BCUT2D eigenvalue weighted by atomic mass is 16.5. The summed E-state index contributed by atoms with van der Waals surface area (Å²) in [6.45, 7) is 6.39. The van der Waals surface area contributed by atoms with Crippen molar-refractivity contribution in [2.75, 3.05) is 11.9 Å². The van der Waals surface area contributed by atoms with Gasteiger partial charge in [0, 0.05) is 36.7 Å². The highest BCUT2D eigenvalue weighted by Gasteiger charge is 2.22. The van der Waals surface area contributed by atoms with Gasteiger partial charge in [-0.05, 0) is 43.7 Å². The smallest absolute Gasteiger partial charge is 0.224 e. The summed E-state index contributed by atoms with van der Waals surface area (Å²) in [7, 11) is 0. The Morgan fingerprint density at radius 1 is 1.21 bits per heavy atom. The highest BCUT2D eigenvalue weighted by Crippen LogP contribution is 2.35. The number of rotatable bonds is 7. The topological polar surface area (TPSA) is 76.7 Å². The molecule has 0 spiro atoms. The van der Waals surface area contributed by atoms with Gasteiger partial charge in [0.2, 0.25) is 11.8 Å². The van der Waals surface area contributed by atoms with Crippen LogP contribution in [0.1, 0.15) is 37.5 Å². The first-order valence-corrected chi connectivity index (χ1v) is 9.53. The zero-order chi connectivity index (χ0) is 20.1. The number of benzene rings is 2. The fourth-order valence-corrected chi connectivity index (χ4v) is 3.26. The molecule has 1 heterocycles. The summed E-state index contributed by atoms with van der Waals surface area (Å²) in [5, 5.41) is 5.66. The van der Waals surface area contributed by atoms with Crippen LogP contribution >= 0.6 is 0 Å². The summed E-state index contributed by atoms with van der Waals surface area (Å²) in [4.78, 5) is 23.4. The minimum absolute atomic E-state index is 0.0792. The molecule has 0 saturated carbocycles. The molecule has 0 saturated heterocycles. The second-order valence-electron chi connectivity index (χ2n) is 6.96. The van der Waals surface area contributed by atoms with Crippen molar-refractivity contribution < 1.29 is 19.1 Å². The molecule has 1 aliphatic rings. The van der Waals surface area contributed by atoms with Crippen molar-refractivity contribution >= 4 is 17.5 Å². The Morgan fingerprint density at radius 2 is 1.96 bits per heavy atom. The molecule has 2 N–H and O–H groups in total. The number of nitrogens with one attached hydrogen (secondary N) is 2. The van der Waals surface area contributed by atoms with Crippen LogP contribution in [0.3, 0.4) is 0 Å². The second-order valence-corrected chi connectivity index (χ2v) is 6.96. The molecule has 2 aromatic rings. The molecule has 0 aromatic heterocycles. The predicted molar refractivity (Wildman–Crippen MR) is 108 cm³/mol. The number of ether oxygens (including phenoxy) is 2. The Hall–Kier alpha value is -3.02. The Kier molecular flexibility index (Phi) is 6.19. The van der Waals surface area contributed by atoms with Crippen LogP contribution in [0.5, 0.6) is 11.5 Å². The normalized spacial score (nSPS) is 14.8. The molecule has 2 amide bonds. The molecule has 148 valence electrons. The summed E-state index contributed by atoms with van der Waals surface area (Å²) >= 11 is 0. The molecule has 0 radical (unpaired) electrons. The third kappa shape index (κ3) is 5.03. The van der Waals surface area contributed by atoms with Crippen molar-refractivity contribution in [3.8, 4) is 11.5 Å². The molecular weight excluding hydrogens is 356 g/mol. The number of fused-ring (bicyclic) bond motifs is 1. The quantitative estimate of drug-likeness (QED) is 0.771. The maximum atomic E-state index is 12.4. The summed E-state index contributed by atoms with van der Waals surface area (Å²) in [5.74, 6) is 1.46. The van der Waals surface area contributed by atoms with Crippen molar-refractivity contribution in [3.05, 3.63) is 53.1 Å². The van der Waals surface area contributed by atoms with Crippen LogP contribution in [0.2, 0.25) is 0 Å². The van der Waals surface area contributed by atoms with Gasteiger partial charge in [-0.1, -0.05) is 12.1 Å². The Bertz CT molecular complexity index is 862. The minimum Gasteiger partial charge on any atom is -0.494 e. The van der Waals surface area contributed by atoms with E-state index >= 15 is 0 Å². The molecule has 1 atom stereocenters. The Labute approximate surface area is 165 Å². The molecule has 0 bridgehead atoms. The largest absolute Gasteiger partial charge is 0.494 e. The molecule has 3 rings (SSSR count). The van der Waals surface area contributed by atoms with Gasteiger partial charge in [0.25, 0.3) is 0 Å². The van der Waals surface area contributed by atoms with Crippen molar-refractivity contribution in [1.82, 2.24) is 5.32 Å². The van der Waals surface area contributed by atoms with Gasteiger partial charge in [0.05, 0.1) is 13.0 Å². The third-order valence-corrected chi connectivity index (χ3v) is 4.49. The zero-order valence-corrected chi connectivity index (χ0v) is 16.5. The lowest BCUT2D eigenvalue weighted by Crippen LogP contribution is -2.25. The first-order valence-electron chi connectivity index (χ1n) is 9.53. The number of hydrogen-bond donors (Lipinski definition) is 2. The van der Waals surface area contributed by atoms with E-state index < -0.39 is 0 Å². The maximum Gasteiger partial charge on any atom is 0.224 e. The lowest BCUT2D eigenvalue weighted by atomic mass is 10.1. The maximum absolute atomic E-state index is 12.4. The minimum atomic E-state index is -0.122. The van der Waals surface area contributed by atoms with E-state index in [2.05, 4.69) is 10.6 Å². The zero-order valence-electron chi connectivity index (χ0n) is 16.5. The number of carbonyl (C=O) groups is 2. The van der Waals surface area contributed by atoms with E-state index in [4.69, 9.17) is 9.47 Å². The van der Waals surface area contributed by atoms with E-state index in [0.29, 0.717) is 18.8 Å². The van der Waals surface area contributed by atoms with Crippen LogP contribution in [0.15, 0.2) is 36.4 Å². The van der Waals surface area contributed by atoms with E-state index in [0.717, 1.165) is 34.6 Å². The Balaban J connectivity index is 1.61. The Morgan fingerprint density at radius 3 is 2.64 bits per heavy atom. The van der Waals surface area contributed by atoms with Gasteiger partial charge in [0.1, 0.15) is 17.6 Å². The van der Waals surface area contributed by atoms with Crippen LogP contribution in [-0.4, -0.2) is 24.5 Å². The van der Waals surface area contributed by atoms with Crippen molar-refractivity contribution in [2.45, 2.75) is 46.3 Å². The van der Waals surface area contributed by atoms with Crippen molar-refractivity contribution in [1.29, 1.82) is 0 Å². The van der Waals surface area contributed by atoms with Crippen LogP contribution < -0.4 is 20.1 Å². The summed E-state index contributed by atoms with van der Waals surface area (Å²) in [5.41, 5.74) is 3.64. The average Bonchev–Trinajstić information content (AvgIpc) is 3.00. The van der Waals surface area contributed by atoms with Gasteiger partial charge in [-0.15, -0.1) is 0 Å². The molecule has 6 nitrogen and oxygen atoms in total. The van der Waals surface area contributed by atoms with Gasteiger partial charge >= 0.3 is 0 Å². The van der Waals surface area contributed by atoms with E-state index in [1.54, 1.807) is 12.1 Å². The number of hydrogen-bond acceptors (Lipinski definition) is 4. The van der Waals surface area contributed by atoms with E-state index in [1.165, 1.54) is 6.92 Å². The van der Waals surface area contributed by atoms with Crippen LogP contribution in [-0.2, 0) is 29.0 Å². The summed E-state index contributed by atoms with van der Waals surface area (Å²) in [6, 6.07) is 11.2. The fourth-order valence-electron chi connectivity index (χ4n) is 3.26. The predicted octanol–water partition coefficient (Wildman–Crippen LogP) is 3.23. The number of anilines is 1. The first-order chi connectivity index (χ1) is 13.4. The molecule has 0 fully saturated rings. The van der Waals surface area contributed by atoms with Gasteiger partial charge in [-0.25, -0.2) is 0 Å². The van der Waals surface area contributed by atoms with Crippen LogP contribution in [0.25, 0.3) is 0 Å². The lowest BCUT2D eigenvalue weighted by molar-refractivity contribution is -0.120. The summed E-state index contributed by atoms with van der Waals surface area (Å²) in [6.07, 6.45) is 1.30. The van der Waals surface area contributed by atoms with E-state index in [-0.39, 0.29) is 24.3 Å². The fraction of sp³-hybridized carbons (Fsp3) is 0.364. The number of amides is 2. The van der Waals surface area contributed by atoms with Gasteiger partial charge < -0.3 is 20.1 Å². The van der Waals surface area contributed by atoms with Gasteiger partial charge in [-0.2, -0.15) is 0 Å². The summed E-state index contributed by atoms with van der Waals surface area (Å²) < 4.78 is 11.6. The molecule has 1 unspecified atom stereocenters. The van der Waals surface area contributed by atoms with Crippen LogP contribution in [0, 0.1) is 0 Å². The van der Waals surface area contributed by atoms with E-state index in [9.17, 15) is 9.59 Å². The molecule has 6 heteroatoms. The number of carbonyl (C=O) groups excluding carboxylic acids is 2. The van der Waals surface area contributed by atoms with Crippen molar-refractivity contribution in [2.24, 2.45) is 0 Å². The molecule has 28 heavy (non-hydrogen) atoms. The molecule has 0 aliphatic carbocycles. The van der Waals surface area contributed by atoms with Gasteiger partial charge in [-0.3, -0.25) is 9.59 Å². The molecular formula is C22H26N2O4. The average molecular weight is 382 g/mol. The standard InChI is InChI=1S/C22H26N2O4/c1-4-27-20-11-17-9-14(2)28-21(17)12-18(20)13-23-22(26)10-16-5-7-19(8-6-16)24-15(3)25/h5-8,11-12,14H,4,9-10,13H2,1-3H3,(H,23,26)(H,24,25). The monoisotopic (exact) mass is 382 g/mol. The SMILES string of the molecule is CCOc1cc2c(cc1CNC(=O)Cc1ccc(NC(C)=O)cc1)OC(C)C2. The second kappa shape index (κ2) is 8.78. The van der Waals surface area contributed by atoms with E-state index in [1.807, 2.05) is 38.1 Å². The molecule has 2 aromatic carbocycles. The highest BCUT2D eigenvalue weighted by molar-refractivity contribution is 5.88. The van der Waals surface area contributed by atoms with Crippen molar-refractivity contribution in [3.63, 3.8) is 0 Å². The molecule has 1 aliphatic heterocycles. The van der Waals surface area contributed by atoms with Gasteiger partial charge in [0.15, 0.2) is 0 Å². The lowest BCUT2D eigenvalue weighted by Gasteiger charge is -2.13. The first kappa shape index (κ1) is 19.7. The third-order valence-electron chi connectivity index (χ3n) is 4.49. The van der Waals surface area contributed by atoms with Crippen LogP contribution in [0.4, 0.5) is 5.69 Å².